The van der Waals surface area contributed by atoms with Crippen molar-refractivity contribution < 1.29 is 0 Å². The van der Waals surface area contributed by atoms with Gasteiger partial charge in [-0.3, -0.25) is 4.90 Å². The van der Waals surface area contributed by atoms with Crippen LogP contribution in [0.2, 0.25) is 0 Å². The van der Waals surface area contributed by atoms with Crippen LogP contribution in [-0.2, 0) is 0 Å². The molecule has 2 aliphatic rings. The molecule has 2 saturated carbocycles. The van der Waals surface area contributed by atoms with Crippen molar-refractivity contribution in [1.29, 1.82) is 0 Å². The first kappa shape index (κ1) is 6.66. The molecule has 2 rings (SSSR count). The Bertz CT molecular complexity index is 108. The molecule has 0 aromatic carbocycles. The van der Waals surface area contributed by atoms with Crippen LogP contribution in [0.25, 0.3) is 0 Å². The SMILES string of the molecule is CC(C)N(C1CC1)C1CC1. The fourth-order valence-electron chi connectivity index (χ4n) is 1.89. The smallest absolute Gasteiger partial charge is 0.0102 e. The van der Waals surface area contributed by atoms with Gasteiger partial charge < -0.3 is 0 Å². The standard InChI is InChI=1S/C9H17N/c1-7(2)10(8-3-4-8)9-5-6-9/h7-9H,3-6H2,1-2H3. The lowest BCUT2D eigenvalue weighted by molar-refractivity contribution is 0.201. The van der Waals surface area contributed by atoms with Gasteiger partial charge in [0.15, 0.2) is 0 Å². The van der Waals surface area contributed by atoms with Gasteiger partial charge in [0.25, 0.3) is 0 Å². The minimum atomic E-state index is 0.792. The third kappa shape index (κ3) is 1.20. The molecule has 0 amide bonds. The molecule has 0 aromatic rings. The predicted molar refractivity (Wildman–Crippen MR) is 43.0 cm³/mol. The van der Waals surface area contributed by atoms with Crippen molar-refractivity contribution in [3.8, 4) is 0 Å². The highest BCUT2D eigenvalue weighted by molar-refractivity contribution is 4.95. The lowest BCUT2D eigenvalue weighted by atomic mass is 10.3. The zero-order valence-corrected chi connectivity index (χ0v) is 7.01. The summed E-state index contributed by atoms with van der Waals surface area (Å²) in [5.74, 6) is 0. The van der Waals surface area contributed by atoms with E-state index in [-0.39, 0.29) is 0 Å². The third-order valence-electron chi connectivity index (χ3n) is 2.53. The second-order valence-electron chi connectivity index (χ2n) is 4.00. The van der Waals surface area contributed by atoms with E-state index in [1.165, 1.54) is 25.7 Å². The molecule has 0 spiro atoms. The summed E-state index contributed by atoms with van der Waals surface area (Å²) in [4.78, 5) is 2.72. The Morgan fingerprint density at radius 2 is 1.40 bits per heavy atom. The first-order valence-electron chi connectivity index (χ1n) is 4.56. The van der Waals surface area contributed by atoms with Gasteiger partial charge in [-0.2, -0.15) is 0 Å². The van der Waals surface area contributed by atoms with Crippen LogP contribution in [0, 0.1) is 0 Å². The van der Waals surface area contributed by atoms with Gasteiger partial charge >= 0.3 is 0 Å². The number of hydrogen-bond acceptors (Lipinski definition) is 1. The molecule has 10 heavy (non-hydrogen) atoms. The highest BCUT2D eigenvalue weighted by Crippen LogP contribution is 2.38. The number of nitrogens with zero attached hydrogens (tertiary/aromatic N) is 1. The second-order valence-corrected chi connectivity index (χ2v) is 4.00. The van der Waals surface area contributed by atoms with E-state index in [2.05, 4.69) is 18.7 Å². The van der Waals surface area contributed by atoms with E-state index in [1.54, 1.807) is 0 Å². The Labute approximate surface area is 63.4 Å². The predicted octanol–water partition coefficient (Wildman–Crippen LogP) is 2.02. The van der Waals surface area contributed by atoms with Crippen LogP contribution in [0.15, 0.2) is 0 Å². The molecule has 0 bridgehead atoms. The highest BCUT2D eigenvalue weighted by atomic mass is 15.2. The summed E-state index contributed by atoms with van der Waals surface area (Å²) in [5, 5.41) is 0. The fraction of sp³-hybridized carbons (Fsp3) is 1.00. The molecule has 0 N–H and O–H groups in total. The summed E-state index contributed by atoms with van der Waals surface area (Å²) in [6.07, 6.45) is 5.87. The van der Waals surface area contributed by atoms with Crippen LogP contribution >= 0.6 is 0 Å². The van der Waals surface area contributed by atoms with Gasteiger partial charge in [-0.15, -0.1) is 0 Å². The highest BCUT2D eigenvalue weighted by Gasteiger charge is 2.40. The van der Waals surface area contributed by atoms with Crippen LogP contribution < -0.4 is 0 Å². The Balaban J connectivity index is 1.92. The van der Waals surface area contributed by atoms with Crippen LogP contribution in [0.3, 0.4) is 0 Å². The maximum atomic E-state index is 2.72. The lowest BCUT2D eigenvalue weighted by Crippen LogP contribution is -2.34. The molecule has 1 heteroatoms. The summed E-state index contributed by atoms with van der Waals surface area (Å²) >= 11 is 0. The number of rotatable bonds is 3. The molecular formula is C9H17N. The van der Waals surface area contributed by atoms with Crippen molar-refractivity contribution in [2.75, 3.05) is 0 Å². The molecule has 0 unspecified atom stereocenters. The van der Waals surface area contributed by atoms with Crippen LogP contribution in [-0.4, -0.2) is 23.0 Å². The summed E-state index contributed by atoms with van der Waals surface area (Å²) in [6.45, 7) is 4.66. The van der Waals surface area contributed by atoms with Crippen molar-refractivity contribution in [3.63, 3.8) is 0 Å². The normalized spacial score (nSPS) is 26.4. The van der Waals surface area contributed by atoms with Crippen molar-refractivity contribution in [1.82, 2.24) is 4.90 Å². The number of hydrogen-bond donors (Lipinski definition) is 0. The van der Waals surface area contributed by atoms with E-state index < -0.39 is 0 Å². The molecule has 1 nitrogen and oxygen atoms in total. The first-order valence-corrected chi connectivity index (χ1v) is 4.56. The maximum Gasteiger partial charge on any atom is 0.0102 e. The zero-order chi connectivity index (χ0) is 7.14. The Hall–Kier alpha value is -0.0400. The topological polar surface area (TPSA) is 3.24 Å². The van der Waals surface area contributed by atoms with E-state index >= 15 is 0 Å². The molecule has 2 aliphatic carbocycles. The molecule has 58 valence electrons. The lowest BCUT2D eigenvalue weighted by Gasteiger charge is -2.25. The monoisotopic (exact) mass is 139 g/mol. The van der Waals surface area contributed by atoms with Gasteiger partial charge in [0.2, 0.25) is 0 Å². The summed E-state index contributed by atoms with van der Waals surface area (Å²) < 4.78 is 0. The molecule has 0 heterocycles. The van der Waals surface area contributed by atoms with Gasteiger partial charge in [0.1, 0.15) is 0 Å². The largest absolute Gasteiger partial charge is 0.295 e. The average Bonchev–Trinajstić information content (AvgIpc) is 2.49. The average molecular weight is 139 g/mol. The molecule has 2 fully saturated rings. The van der Waals surface area contributed by atoms with E-state index in [1.807, 2.05) is 0 Å². The van der Waals surface area contributed by atoms with Crippen molar-refractivity contribution in [2.24, 2.45) is 0 Å². The molecule has 0 aliphatic heterocycles. The molecule has 0 aromatic heterocycles. The van der Waals surface area contributed by atoms with Crippen molar-refractivity contribution in [2.45, 2.75) is 57.7 Å². The van der Waals surface area contributed by atoms with Crippen molar-refractivity contribution in [3.05, 3.63) is 0 Å². The molecular weight excluding hydrogens is 122 g/mol. The summed E-state index contributed by atoms with van der Waals surface area (Å²) in [6, 6.07) is 2.75. The minimum absolute atomic E-state index is 0.792. The van der Waals surface area contributed by atoms with E-state index in [4.69, 9.17) is 0 Å². The van der Waals surface area contributed by atoms with Crippen molar-refractivity contribution >= 4 is 0 Å². The quantitative estimate of drug-likeness (QED) is 0.578. The molecule has 0 saturated heterocycles. The van der Waals surface area contributed by atoms with E-state index in [9.17, 15) is 0 Å². The van der Waals surface area contributed by atoms with Crippen LogP contribution in [0.1, 0.15) is 39.5 Å². The van der Waals surface area contributed by atoms with Gasteiger partial charge in [0.05, 0.1) is 0 Å². The Kier molecular flexibility index (Phi) is 1.48. The van der Waals surface area contributed by atoms with Crippen LogP contribution in [0.5, 0.6) is 0 Å². The zero-order valence-electron chi connectivity index (χ0n) is 7.01. The Morgan fingerprint density at radius 1 is 1.00 bits per heavy atom. The van der Waals surface area contributed by atoms with Gasteiger partial charge in [-0.25, -0.2) is 0 Å². The Morgan fingerprint density at radius 3 is 1.60 bits per heavy atom. The van der Waals surface area contributed by atoms with Gasteiger partial charge in [-0.1, -0.05) is 0 Å². The third-order valence-corrected chi connectivity index (χ3v) is 2.53. The van der Waals surface area contributed by atoms with Crippen LogP contribution in [0.4, 0.5) is 0 Å². The second kappa shape index (κ2) is 2.23. The fourth-order valence-corrected chi connectivity index (χ4v) is 1.89. The first-order chi connectivity index (χ1) is 4.79. The van der Waals surface area contributed by atoms with Gasteiger partial charge in [0, 0.05) is 18.1 Å². The molecule has 0 radical (unpaired) electrons. The maximum absolute atomic E-state index is 2.72. The van der Waals surface area contributed by atoms with E-state index in [0.717, 1.165) is 18.1 Å². The minimum Gasteiger partial charge on any atom is -0.295 e. The molecule has 0 atom stereocenters. The summed E-state index contributed by atoms with van der Waals surface area (Å²) in [5.41, 5.74) is 0. The van der Waals surface area contributed by atoms with Gasteiger partial charge in [-0.05, 0) is 39.5 Å². The van der Waals surface area contributed by atoms with E-state index in [0.29, 0.717) is 0 Å². The summed E-state index contributed by atoms with van der Waals surface area (Å²) in [7, 11) is 0.